The summed E-state index contributed by atoms with van der Waals surface area (Å²) in [7, 11) is 0. The zero-order valence-corrected chi connectivity index (χ0v) is 10.6. The molecule has 100 valence electrons. The SMILES string of the molecule is CCOC(=O)C(CSc1ccccc1)C(F)(F)F. The molecular weight excluding hydrogens is 265 g/mol. The third-order valence-electron chi connectivity index (χ3n) is 2.13. The third kappa shape index (κ3) is 4.60. The zero-order valence-electron chi connectivity index (χ0n) is 9.74. The number of hydrogen-bond acceptors (Lipinski definition) is 3. The van der Waals surface area contributed by atoms with E-state index in [1.54, 1.807) is 30.3 Å². The van der Waals surface area contributed by atoms with Gasteiger partial charge in [0.2, 0.25) is 0 Å². The van der Waals surface area contributed by atoms with Gasteiger partial charge in [-0.25, -0.2) is 0 Å². The first-order chi connectivity index (χ1) is 8.45. The number of carbonyl (C=O) groups excluding carboxylic acids is 1. The fourth-order valence-electron chi connectivity index (χ4n) is 1.24. The Bertz CT molecular complexity index is 379. The van der Waals surface area contributed by atoms with Gasteiger partial charge in [-0.15, -0.1) is 11.8 Å². The van der Waals surface area contributed by atoms with E-state index in [0.717, 1.165) is 11.8 Å². The van der Waals surface area contributed by atoms with E-state index in [9.17, 15) is 18.0 Å². The molecule has 1 aromatic rings. The fourth-order valence-corrected chi connectivity index (χ4v) is 2.27. The maximum absolute atomic E-state index is 12.7. The van der Waals surface area contributed by atoms with Crippen molar-refractivity contribution < 1.29 is 22.7 Å². The predicted octanol–water partition coefficient (Wildman–Crippen LogP) is 3.52. The summed E-state index contributed by atoms with van der Waals surface area (Å²) in [4.78, 5) is 11.9. The Morgan fingerprint density at radius 2 is 1.94 bits per heavy atom. The highest BCUT2D eigenvalue weighted by Crippen LogP contribution is 2.32. The molecule has 0 saturated carbocycles. The van der Waals surface area contributed by atoms with Crippen molar-refractivity contribution in [2.24, 2.45) is 5.92 Å². The quantitative estimate of drug-likeness (QED) is 0.609. The van der Waals surface area contributed by atoms with Crippen molar-refractivity contribution >= 4 is 17.7 Å². The van der Waals surface area contributed by atoms with Gasteiger partial charge in [0.05, 0.1) is 6.61 Å². The van der Waals surface area contributed by atoms with Gasteiger partial charge in [0.25, 0.3) is 0 Å². The highest BCUT2D eigenvalue weighted by molar-refractivity contribution is 7.99. The van der Waals surface area contributed by atoms with Crippen LogP contribution in [0.4, 0.5) is 13.2 Å². The molecule has 0 spiro atoms. The molecule has 0 N–H and O–H groups in total. The Balaban J connectivity index is 2.65. The summed E-state index contributed by atoms with van der Waals surface area (Å²) < 4.78 is 42.5. The maximum atomic E-state index is 12.7. The summed E-state index contributed by atoms with van der Waals surface area (Å²) in [6.45, 7) is 1.43. The van der Waals surface area contributed by atoms with Crippen LogP contribution in [0.2, 0.25) is 0 Å². The molecule has 2 nitrogen and oxygen atoms in total. The largest absolute Gasteiger partial charge is 0.465 e. The van der Waals surface area contributed by atoms with Gasteiger partial charge in [0.15, 0.2) is 5.92 Å². The number of halogens is 3. The van der Waals surface area contributed by atoms with E-state index in [-0.39, 0.29) is 12.4 Å². The Kier molecular flexibility index (Phi) is 5.53. The minimum atomic E-state index is -4.58. The number of rotatable bonds is 5. The molecule has 0 aliphatic rings. The van der Waals surface area contributed by atoms with Gasteiger partial charge in [-0.2, -0.15) is 13.2 Å². The van der Waals surface area contributed by atoms with E-state index in [4.69, 9.17) is 0 Å². The lowest BCUT2D eigenvalue weighted by Crippen LogP contribution is -2.34. The molecule has 0 fully saturated rings. The standard InChI is InChI=1S/C12H13F3O2S/c1-2-17-11(16)10(12(13,14)15)8-18-9-6-4-3-5-7-9/h3-7,10H,2,8H2,1H3. The Hall–Kier alpha value is -1.17. The second-order valence-electron chi connectivity index (χ2n) is 3.47. The molecule has 1 rings (SSSR count). The van der Waals surface area contributed by atoms with Gasteiger partial charge in [-0.1, -0.05) is 18.2 Å². The number of hydrogen-bond donors (Lipinski definition) is 0. The first-order valence-corrected chi connectivity index (χ1v) is 6.35. The van der Waals surface area contributed by atoms with Crippen molar-refractivity contribution in [3.63, 3.8) is 0 Å². The molecule has 1 atom stereocenters. The normalized spacial score (nSPS) is 13.1. The lowest BCUT2D eigenvalue weighted by molar-refractivity contribution is -0.192. The number of esters is 1. The molecular formula is C12H13F3O2S. The molecule has 0 heterocycles. The van der Waals surface area contributed by atoms with Crippen LogP contribution >= 0.6 is 11.8 Å². The van der Waals surface area contributed by atoms with E-state index in [1.165, 1.54) is 6.92 Å². The van der Waals surface area contributed by atoms with Crippen molar-refractivity contribution in [1.82, 2.24) is 0 Å². The van der Waals surface area contributed by atoms with Crippen molar-refractivity contribution in [2.75, 3.05) is 12.4 Å². The van der Waals surface area contributed by atoms with Gasteiger partial charge in [0.1, 0.15) is 0 Å². The molecule has 18 heavy (non-hydrogen) atoms. The second-order valence-corrected chi connectivity index (χ2v) is 4.56. The summed E-state index contributed by atoms with van der Waals surface area (Å²) >= 11 is 0.989. The molecule has 6 heteroatoms. The van der Waals surface area contributed by atoms with Crippen LogP contribution < -0.4 is 0 Å². The maximum Gasteiger partial charge on any atom is 0.403 e. The van der Waals surface area contributed by atoms with E-state index >= 15 is 0 Å². The average molecular weight is 278 g/mol. The molecule has 1 unspecified atom stereocenters. The number of ether oxygens (including phenoxy) is 1. The molecule has 0 saturated heterocycles. The van der Waals surface area contributed by atoms with Crippen LogP contribution in [0.15, 0.2) is 35.2 Å². The van der Waals surface area contributed by atoms with Crippen LogP contribution in [0.1, 0.15) is 6.92 Å². The van der Waals surface area contributed by atoms with Gasteiger partial charge < -0.3 is 4.74 Å². The summed E-state index contributed by atoms with van der Waals surface area (Å²) in [5, 5.41) is 0. The summed E-state index contributed by atoms with van der Waals surface area (Å²) in [6.07, 6.45) is -4.58. The van der Waals surface area contributed by atoms with Crippen molar-refractivity contribution in [2.45, 2.75) is 18.0 Å². The van der Waals surface area contributed by atoms with Crippen molar-refractivity contribution in [3.05, 3.63) is 30.3 Å². The van der Waals surface area contributed by atoms with Crippen LogP contribution in [0.25, 0.3) is 0 Å². The molecule has 1 aromatic carbocycles. The Morgan fingerprint density at radius 1 is 1.33 bits per heavy atom. The van der Waals surface area contributed by atoms with Gasteiger partial charge >= 0.3 is 12.1 Å². The molecule has 0 amide bonds. The lowest BCUT2D eigenvalue weighted by atomic mass is 10.2. The molecule has 0 aliphatic heterocycles. The minimum absolute atomic E-state index is 0.0541. The summed E-state index contributed by atoms with van der Waals surface area (Å²) in [6, 6.07) is 8.63. The fraction of sp³-hybridized carbons (Fsp3) is 0.417. The van der Waals surface area contributed by atoms with Crippen LogP contribution in [-0.4, -0.2) is 24.5 Å². The number of benzene rings is 1. The minimum Gasteiger partial charge on any atom is -0.465 e. The van der Waals surface area contributed by atoms with Crippen LogP contribution in [0, 0.1) is 5.92 Å². The van der Waals surface area contributed by atoms with Gasteiger partial charge in [0, 0.05) is 10.6 Å². The lowest BCUT2D eigenvalue weighted by Gasteiger charge is -2.18. The van der Waals surface area contributed by atoms with Crippen LogP contribution in [-0.2, 0) is 9.53 Å². The third-order valence-corrected chi connectivity index (χ3v) is 3.23. The van der Waals surface area contributed by atoms with E-state index < -0.39 is 18.1 Å². The summed E-state index contributed by atoms with van der Waals surface area (Å²) in [5.74, 6) is -3.66. The Morgan fingerprint density at radius 3 is 2.44 bits per heavy atom. The zero-order chi connectivity index (χ0) is 13.6. The predicted molar refractivity (Wildman–Crippen MR) is 63.3 cm³/mol. The number of thioether (sulfide) groups is 1. The average Bonchev–Trinajstić information content (AvgIpc) is 2.29. The van der Waals surface area contributed by atoms with E-state index in [1.807, 2.05) is 0 Å². The molecule has 0 aliphatic carbocycles. The van der Waals surface area contributed by atoms with Gasteiger partial charge in [-0.3, -0.25) is 4.79 Å². The molecule has 0 bridgehead atoms. The van der Waals surface area contributed by atoms with E-state index in [2.05, 4.69) is 4.74 Å². The van der Waals surface area contributed by atoms with Crippen LogP contribution in [0.5, 0.6) is 0 Å². The van der Waals surface area contributed by atoms with Crippen molar-refractivity contribution in [1.29, 1.82) is 0 Å². The Labute approximate surface area is 108 Å². The molecule has 0 aromatic heterocycles. The number of carbonyl (C=O) groups is 1. The first-order valence-electron chi connectivity index (χ1n) is 5.36. The summed E-state index contributed by atoms with van der Waals surface area (Å²) in [5.41, 5.74) is 0. The topological polar surface area (TPSA) is 26.3 Å². The number of alkyl halides is 3. The van der Waals surface area contributed by atoms with Crippen LogP contribution in [0.3, 0.4) is 0 Å². The monoisotopic (exact) mass is 278 g/mol. The van der Waals surface area contributed by atoms with Gasteiger partial charge in [-0.05, 0) is 19.1 Å². The van der Waals surface area contributed by atoms with E-state index in [0.29, 0.717) is 4.90 Å². The molecule has 0 radical (unpaired) electrons. The first kappa shape index (κ1) is 14.9. The highest BCUT2D eigenvalue weighted by atomic mass is 32.2. The highest BCUT2D eigenvalue weighted by Gasteiger charge is 2.45. The second kappa shape index (κ2) is 6.68. The van der Waals surface area contributed by atoms with Crippen molar-refractivity contribution in [3.8, 4) is 0 Å². The smallest absolute Gasteiger partial charge is 0.403 e.